The SMILES string of the molecule is CNC1COCC1C(=O)Nc1ccc([N+](=O)[O-])cc1Cl. The summed E-state index contributed by atoms with van der Waals surface area (Å²) in [7, 11) is 1.76. The fourth-order valence-corrected chi connectivity index (χ4v) is 2.26. The molecule has 1 aliphatic rings. The molecule has 2 N–H and O–H groups in total. The number of nitrogens with one attached hydrogen (secondary N) is 2. The number of non-ortho nitro benzene ring substituents is 1. The highest BCUT2D eigenvalue weighted by Crippen LogP contribution is 2.27. The van der Waals surface area contributed by atoms with Crippen LogP contribution in [0.1, 0.15) is 0 Å². The lowest BCUT2D eigenvalue weighted by Crippen LogP contribution is -2.39. The highest BCUT2D eigenvalue weighted by Gasteiger charge is 2.33. The van der Waals surface area contributed by atoms with Crippen molar-refractivity contribution in [1.82, 2.24) is 5.32 Å². The van der Waals surface area contributed by atoms with E-state index in [0.717, 1.165) is 0 Å². The molecule has 1 saturated heterocycles. The number of anilines is 1. The van der Waals surface area contributed by atoms with Gasteiger partial charge in [0.1, 0.15) is 0 Å². The molecule has 1 heterocycles. The number of carbonyl (C=O) groups is 1. The molecule has 1 aromatic carbocycles. The topological polar surface area (TPSA) is 93.5 Å². The van der Waals surface area contributed by atoms with E-state index in [1.807, 2.05) is 0 Å². The third kappa shape index (κ3) is 3.06. The van der Waals surface area contributed by atoms with E-state index in [1.54, 1.807) is 7.05 Å². The maximum Gasteiger partial charge on any atom is 0.271 e. The number of carbonyl (C=O) groups excluding carboxylic acids is 1. The van der Waals surface area contributed by atoms with Crippen molar-refractivity contribution in [3.05, 3.63) is 33.3 Å². The summed E-state index contributed by atoms with van der Waals surface area (Å²) in [5.41, 5.74) is 0.231. The van der Waals surface area contributed by atoms with Gasteiger partial charge in [-0.3, -0.25) is 14.9 Å². The molecule has 1 amide bonds. The van der Waals surface area contributed by atoms with Crippen LogP contribution in [-0.4, -0.2) is 37.1 Å². The van der Waals surface area contributed by atoms with Crippen LogP contribution in [0.25, 0.3) is 0 Å². The minimum absolute atomic E-state index is 0.0492. The average Bonchev–Trinajstić information content (AvgIpc) is 2.89. The second-order valence-electron chi connectivity index (χ2n) is 4.45. The van der Waals surface area contributed by atoms with Crippen molar-refractivity contribution < 1.29 is 14.5 Å². The van der Waals surface area contributed by atoms with E-state index >= 15 is 0 Å². The zero-order valence-electron chi connectivity index (χ0n) is 10.8. The van der Waals surface area contributed by atoms with E-state index in [1.165, 1.54) is 18.2 Å². The van der Waals surface area contributed by atoms with Crippen molar-refractivity contribution >= 4 is 28.9 Å². The lowest BCUT2D eigenvalue weighted by molar-refractivity contribution is -0.384. The van der Waals surface area contributed by atoms with Gasteiger partial charge >= 0.3 is 0 Å². The number of nitro benzene ring substituents is 1. The molecule has 2 atom stereocenters. The molecule has 2 rings (SSSR count). The van der Waals surface area contributed by atoms with Crippen LogP contribution in [0.5, 0.6) is 0 Å². The Morgan fingerprint density at radius 3 is 2.85 bits per heavy atom. The summed E-state index contributed by atoms with van der Waals surface area (Å²) in [5.74, 6) is -0.538. The molecule has 0 bridgehead atoms. The van der Waals surface area contributed by atoms with Crippen molar-refractivity contribution in [3.63, 3.8) is 0 Å². The summed E-state index contributed by atoms with van der Waals surface area (Å²) >= 11 is 5.93. The van der Waals surface area contributed by atoms with Crippen LogP contribution in [0.2, 0.25) is 5.02 Å². The Labute approximate surface area is 120 Å². The lowest BCUT2D eigenvalue weighted by Gasteiger charge is -2.16. The molecule has 0 aromatic heterocycles. The minimum Gasteiger partial charge on any atom is -0.379 e. The molecule has 0 spiro atoms. The second kappa shape index (κ2) is 6.17. The Morgan fingerprint density at radius 2 is 2.25 bits per heavy atom. The van der Waals surface area contributed by atoms with Crippen LogP contribution in [0.3, 0.4) is 0 Å². The number of nitro groups is 1. The first-order chi connectivity index (χ1) is 9.52. The number of likely N-dealkylation sites (N-methyl/N-ethyl adjacent to an activating group) is 1. The van der Waals surface area contributed by atoms with Gasteiger partial charge in [-0.2, -0.15) is 0 Å². The fourth-order valence-electron chi connectivity index (χ4n) is 2.04. The maximum absolute atomic E-state index is 12.1. The molecule has 0 radical (unpaired) electrons. The van der Waals surface area contributed by atoms with Gasteiger partial charge in [0.05, 0.1) is 34.8 Å². The van der Waals surface area contributed by atoms with E-state index in [0.29, 0.717) is 18.9 Å². The molecule has 8 heteroatoms. The predicted octanol–water partition coefficient (Wildman–Crippen LogP) is 1.42. The number of nitrogens with zero attached hydrogens (tertiary/aromatic N) is 1. The largest absolute Gasteiger partial charge is 0.379 e. The molecular formula is C12H14ClN3O4. The summed E-state index contributed by atoms with van der Waals surface area (Å²) in [4.78, 5) is 22.2. The summed E-state index contributed by atoms with van der Waals surface area (Å²) in [6.45, 7) is 0.810. The number of halogens is 1. The van der Waals surface area contributed by atoms with Gasteiger partial charge in [0, 0.05) is 18.2 Å². The van der Waals surface area contributed by atoms with Crippen molar-refractivity contribution in [3.8, 4) is 0 Å². The molecule has 1 aromatic rings. The molecule has 1 aliphatic heterocycles. The smallest absolute Gasteiger partial charge is 0.271 e. The third-order valence-corrected chi connectivity index (χ3v) is 3.52. The van der Waals surface area contributed by atoms with Crippen LogP contribution in [-0.2, 0) is 9.53 Å². The molecular weight excluding hydrogens is 286 g/mol. The summed E-state index contributed by atoms with van der Waals surface area (Å²) in [6.07, 6.45) is 0. The Hall–Kier alpha value is -1.70. The number of hydrogen-bond acceptors (Lipinski definition) is 5. The van der Waals surface area contributed by atoms with E-state index in [9.17, 15) is 14.9 Å². The second-order valence-corrected chi connectivity index (χ2v) is 4.86. The average molecular weight is 300 g/mol. The van der Waals surface area contributed by atoms with Gasteiger partial charge in [-0.1, -0.05) is 11.6 Å². The van der Waals surface area contributed by atoms with Gasteiger partial charge in [-0.25, -0.2) is 0 Å². The molecule has 2 unspecified atom stereocenters. The van der Waals surface area contributed by atoms with Crippen LogP contribution < -0.4 is 10.6 Å². The fraction of sp³-hybridized carbons (Fsp3) is 0.417. The molecule has 0 aliphatic carbocycles. The van der Waals surface area contributed by atoms with Gasteiger partial charge in [0.25, 0.3) is 5.69 Å². The van der Waals surface area contributed by atoms with Crippen molar-refractivity contribution in [2.75, 3.05) is 25.6 Å². The summed E-state index contributed by atoms with van der Waals surface area (Å²) in [5, 5.41) is 16.4. The highest BCUT2D eigenvalue weighted by atomic mass is 35.5. The standard InChI is InChI=1S/C12H14ClN3O4/c1-14-11-6-20-5-8(11)12(17)15-10-3-2-7(16(18)19)4-9(10)13/h2-4,8,11,14H,5-6H2,1H3,(H,15,17). The number of ether oxygens (including phenoxy) is 1. The Kier molecular flexibility index (Phi) is 4.53. The number of rotatable bonds is 4. The van der Waals surface area contributed by atoms with Crippen molar-refractivity contribution in [2.45, 2.75) is 6.04 Å². The van der Waals surface area contributed by atoms with E-state index in [2.05, 4.69) is 10.6 Å². The molecule has 108 valence electrons. The molecule has 0 saturated carbocycles. The normalized spacial score (nSPS) is 21.7. The third-order valence-electron chi connectivity index (χ3n) is 3.21. The maximum atomic E-state index is 12.1. The number of hydrogen-bond donors (Lipinski definition) is 2. The van der Waals surface area contributed by atoms with Gasteiger partial charge in [-0.15, -0.1) is 0 Å². The zero-order valence-corrected chi connectivity index (χ0v) is 11.5. The first kappa shape index (κ1) is 14.7. The van der Waals surface area contributed by atoms with Crippen molar-refractivity contribution in [2.24, 2.45) is 5.92 Å². The minimum atomic E-state index is -0.542. The van der Waals surface area contributed by atoms with E-state index < -0.39 is 4.92 Å². The summed E-state index contributed by atoms with van der Waals surface area (Å²) in [6, 6.07) is 3.87. The number of amides is 1. The van der Waals surface area contributed by atoms with Crippen LogP contribution in [0.15, 0.2) is 18.2 Å². The molecule has 20 heavy (non-hydrogen) atoms. The Bertz CT molecular complexity index is 537. The van der Waals surface area contributed by atoms with Crippen molar-refractivity contribution in [1.29, 1.82) is 0 Å². The van der Waals surface area contributed by atoms with Gasteiger partial charge in [-0.05, 0) is 13.1 Å². The van der Waals surface area contributed by atoms with E-state index in [-0.39, 0.29) is 28.6 Å². The quantitative estimate of drug-likeness (QED) is 0.648. The Morgan fingerprint density at radius 1 is 1.50 bits per heavy atom. The van der Waals surface area contributed by atoms with Gasteiger partial charge in [0.15, 0.2) is 0 Å². The predicted molar refractivity (Wildman–Crippen MR) is 73.9 cm³/mol. The number of benzene rings is 1. The van der Waals surface area contributed by atoms with Gasteiger partial charge < -0.3 is 15.4 Å². The lowest BCUT2D eigenvalue weighted by atomic mass is 10.0. The van der Waals surface area contributed by atoms with Crippen LogP contribution >= 0.6 is 11.6 Å². The Balaban J connectivity index is 2.10. The molecule has 7 nitrogen and oxygen atoms in total. The first-order valence-corrected chi connectivity index (χ1v) is 6.40. The highest BCUT2D eigenvalue weighted by molar-refractivity contribution is 6.34. The monoisotopic (exact) mass is 299 g/mol. The van der Waals surface area contributed by atoms with Crippen LogP contribution in [0.4, 0.5) is 11.4 Å². The molecule has 1 fully saturated rings. The summed E-state index contributed by atoms with van der Waals surface area (Å²) < 4.78 is 5.25. The first-order valence-electron chi connectivity index (χ1n) is 6.02. The van der Waals surface area contributed by atoms with Gasteiger partial charge in [0.2, 0.25) is 5.91 Å². The van der Waals surface area contributed by atoms with Crippen LogP contribution in [0, 0.1) is 16.0 Å². The zero-order chi connectivity index (χ0) is 14.7. The van der Waals surface area contributed by atoms with E-state index in [4.69, 9.17) is 16.3 Å².